The maximum atomic E-state index is 5.26. The first-order chi connectivity index (χ1) is 13.2. The number of benzene rings is 1. The van der Waals surface area contributed by atoms with E-state index in [0.29, 0.717) is 5.92 Å². The highest BCUT2D eigenvalue weighted by molar-refractivity contribution is 5.80. The number of likely N-dealkylation sites (tertiary alicyclic amines) is 1. The van der Waals surface area contributed by atoms with Gasteiger partial charge < -0.3 is 24.8 Å². The van der Waals surface area contributed by atoms with Crippen molar-refractivity contribution in [1.29, 1.82) is 0 Å². The molecule has 0 bridgehead atoms. The third-order valence-corrected chi connectivity index (χ3v) is 5.67. The normalized spacial score (nSPS) is 21.6. The van der Waals surface area contributed by atoms with Crippen molar-refractivity contribution in [2.75, 3.05) is 70.9 Å². The summed E-state index contributed by atoms with van der Waals surface area (Å²) in [6.07, 6.45) is 1.28. The standard InChI is InChI=1S/C21H35N5O/c1-4-22-21(23-16-18-10-11-24(5-2)17-18)26-14-12-25(13-15-26)19-6-8-20(27-3)9-7-19/h6-9,18H,4-5,10-17H2,1-3H3,(H,22,23). The number of methoxy groups -OCH3 is 1. The van der Waals surface area contributed by atoms with Gasteiger partial charge in [-0.3, -0.25) is 4.99 Å². The summed E-state index contributed by atoms with van der Waals surface area (Å²) in [4.78, 5) is 12.4. The zero-order valence-corrected chi connectivity index (χ0v) is 17.2. The lowest BCUT2D eigenvalue weighted by molar-refractivity contribution is 0.342. The highest BCUT2D eigenvalue weighted by Gasteiger charge is 2.23. The number of hydrogen-bond donors (Lipinski definition) is 1. The Bertz CT molecular complexity index is 595. The van der Waals surface area contributed by atoms with E-state index in [1.165, 1.54) is 25.2 Å². The molecule has 150 valence electrons. The molecule has 0 aliphatic carbocycles. The number of aliphatic imine (C=N–C) groups is 1. The summed E-state index contributed by atoms with van der Waals surface area (Å²) in [6, 6.07) is 8.36. The molecule has 1 aromatic carbocycles. The summed E-state index contributed by atoms with van der Waals surface area (Å²) in [5, 5.41) is 3.50. The molecule has 0 amide bonds. The van der Waals surface area contributed by atoms with Gasteiger partial charge in [0.2, 0.25) is 0 Å². The molecule has 2 heterocycles. The largest absolute Gasteiger partial charge is 0.497 e. The fraction of sp³-hybridized carbons (Fsp3) is 0.667. The molecule has 0 spiro atoms. The number of rotatable bonds is 6. The molecule has 1 N–H and O–H groups in total. The molecule has 1 aromatic rings. The molecule has 27 heavy (non-hydrogen) atoms. The molecule has 3 rings (SSSR count). The second kappa shape index (κ2) is 9.83. The van der Waals surface area contributed by atoms with Gasteiger partial charge in [-0.1, -0.05) is 6.92 Å². The minimum absolute atomic E-state index is 0.708. The third kappa shape index (κ3) is 5.28. The molecule has 0 radical (unpaired) electrons. The van der Waals surface area contributed by atoms with E-state index >= 15 is 0 Å². The van der Waals surface area contributed by atoms with Crippen LogP contribution in [0.2, 0.25) is 0 Å². The molecule has 2 aliphatic rings. The van der Waals surface area contributed by atoms with Crippen LogP contribution in [0.5, 0.6) is 5.75 Å². The van der Waals surface area contributed by atoms with E-state index in [2.05, 4.69) is 46.0 Å². The van der Waals surface area contributed by atoms with Gasteiger partial charge in [0, 0.05) is 51.5 Å². The zero-order valence-electron chi connectivity index (χ0n) is 17.2. The van der Waals surface area contributed by atoms with Gasteiger partial charge >= 0.3 is 0 Å². The summed E-state index contributed by atoms with van der Waals surface area (Å²) in [5.74, 6) is 2.70. The monoisotopic (exact) mass is 373 g/mol. The average molecular weight is 374 g/mol. The molecule has 2 saturated heterocycles. The second-order valence-corrected chi connectivity index (χ2v) is 7.41. The first-order valence-corrected chi connectivity index (χ1v) is 10.4. The molecule has 1 atom stereocenters. The first-order valence-electron chi connectivity index (χ1n) is 10.4. The van der Waals surface area contributed by atoms with Gasteiger partial charge in [0.05, 0.1) is 7.11 Å². The highest BCUT2D eigenvalue weighted by atomic mass is 16.5. The van der Waals surface area contributed by atoms with Crippen molar-refractivity contribution >= 4 is 11.6 Å². The molecular weight excluding hydrogens is 338 g/mol. The van der Waals surface area contributed by atoms with Crippen molar-refractivity contribution in [3.8, 4) is 5.75 Å². The summed E-state index contributed by atoms with van der Waals surface area (Å²) in [5.41, 5.74) is 1.27. The summed E-state index contributed by atoms with van der Waals surface area (Å²) in [7, 11) is 1.71. The van der Waals surface area contributed by atoms with Crippen LogP contribution in [0.3, 0.4) is 0 Å². The van der Waals surface area contributed by atoms with E-state index in [1.807, 2.05) is 12.1 Å². The minimum Gasteiger partial charge on any atom is -0.497 e. The Labute approximate surface area is 164 Å². The van der Waals surface area contributed by atoms with Crippen LogP contribution in [-0.4, -0.2) is 81.8 Å². The maximum absolute atomic E-state index is 5.26. The van der Waals surface area contributed by atoms with Gasteiger partial charge in [0.1, 0.15) is 5.75 Å². The molecule has 0 aromatic heterocycles. The van der Waals surface area contributed by atoms with Gasteiger partial charge in [-0.15, -0.1) is 0 Å². The lowest BCUT2D eigenvalue weighted by atomic mass is 10.1. The minimum atomic E-state index is 0.708. The smallest absolute Gasteiger partial charge is 0.194 e. The second-order valence-electron chi connectivity index (χ2n) is 7.41. The molecule has 6 nitrogen and oxygen atoms in total. The number of ether oxygens (including phenoxy) is 1. The Morgan fingerprint density at radius 3 is 2.44 bits per heavy atom. The van der Waals surface area contributed by atoms with Crippen molar-refractivity contribution < 1.29 is 4.74 Å². The van der Waals surface area contributed by atoms with Gasteiger partial charge in [-0.05, 0) is 56.6 Å². The number of hydrogen-bond acceptors (Lipinski definition) is 4. The maximum Gasteiger partial charge on any atom is 0.194 e. The van der Waals surface area contributed by atoms with Gasteiger partial charge in [-0.2, -0.15) is 0 Å². The Morgan fingerprint density at radius 1 is 1.11 bits per heavy atom. The topological polar surface area (TPSA) is 43.3 Å². The van der Waals surface area contributed by atoms with E-state index in [1.54, 1.807) is 7.11 Å². The van der Waals surface area contributed by atoms with Crippen molar-refractivity contribution in [2.24, 2.45) is 10.9 Å². The van der Waals surface area contributed by atoms with Crippen LogP contribution in [-0.2, 0) is 0 Å². The van der Waals surface area contributed by atoms with E-state index < -0.39 is 0 Å². The molecular formula is C21H35N5O. The van der Waals surface area contributed by atoms with E-state index in [-0.39, 0.29) is 0 Å². The Hall–Kier alpha value is -1.95. The number of nitrogens with zero attached hydrogens (tertiary/aromatic N) is 4. The number of nitrogens with one attached hydrogen (secondary N) is 1. The zero-order chi connectivity index (χ0) is 19.1. The summed E-state index contributed by atoms with van der Waals surface area (Å²) < 4.78 is 5.26. The van der Waals surface area contributed by atoms with Crippen LogP contribution in [0.15, 0.2) is 29.3 Å². The van der Waals surface area contributed by atoms with Crippen molar-refractivity contribution in [1.82, 2.24) is 15.1 Å². The SMILES string of the molecule is CCNC(=NCC1CCN(CC)C1)N1CCN(c2ccc(OC)cc2)CC1. The van der Waals surface area contributed by atoms with Crippen LogP contribution in [0.25, 0.3) is 0 Å². The number of anilines is 1. The number of piperazine rings is 1. The average Bonchev–Trinajstić information content (AvgIpc) is 3.19. The van der Waals surface area contributed by atoms with Crippen molar-refractivity contribution in [2.45, 2.75) is 20.3 Å². The Kier molecular flexibility index (Phi) is 7.21. The first kappa shape index (κ1) is 19.8. The van der Waals surface area contributed by atoms with Crippen LogP contribution >= 0.6 is 0 Å². The lowest BCUT2D eigenvalue weighted by Gasteiger charge is -2.37. The third-order valence-electron chi connectivity index (χ3n) is 5.67. The summed E-state index contributed by atoms with van der Waals surface area (Å²) in [6.45, 7) is 13.9. The van der Waals surface area contributed by atoms with Gasteiger partial charge in [0.25, 0.3) is 0 Å². The fourth-order valence-corrected chi connectivity index (χ4v) is 3.96. The van der Waals surface area contributed by atoms with Gasteiger partial charge in [-0.25, -0.2) is 0 Å². The predicted octanol–water partition coefficient (Wildman–Crippen LogP) is 2.12. The van der Waals surface area contributed by atoms with Crippen molar-refractivity contribution in [3.63, 3.8) is 0 Å². The Morgan fingerprint density at radius 2 is 1.85 bits per heavy atom. The van der Waals surface area contributed by atoms with Crippen LogP contribution in [0.1, 0.15) is 20.3 Å². The fourth-order valence-electron chi connectivity index (χ4n) is 3.96. The summed E-state index contributed by atoms with van der Waals surface area (Å²) >= 11 is 0. The van der Waals surface area contributed by atoms with Gasteiger partial charge in [0.15, 0.2) is 5.96 Å². The van der Waals surface area contributed by atoms with Crippen molar-refractivity contribution in [3.05, 3.63) is 24.3 Å². The van der Waals surface area contributed by atoms with Crippen LogP contribution < -0.4 is 15.0 Å². The van der Waals surface area contributed by atoms with E-state index in [9.17, 15) is 0 Å². The van der Waals surface area contributed by atoms with Crippen LogP contribution in [0, 0.1) is 5.92 Å². The molecule has 6 heteroatoms. The Balaban J connectivity index is 1.53. The van der Waals surface area contributed by atoms with Crippen LogP contribution in [0.4, 0.5) is 5.69 Å². The molecule has 2 aliphatic heterocycles. The number of guanidine groups is 1. The highest BCUT2D eigenvalue weighted by Crippen LogP contribution is 2.21. The van der Waals surface area contributed by atoms with E-state index in [4.69, 9.17) is 9.73 Å². The molecule has 0 saturated carbocycles. The van der Waals surface area contributed by atoms with E-state index in [0.717, 1.165) is 57.5 Å². The quantitative estimate of drug-likeness (QED) is 0.611. The molecule has 2 fully saturated rings. The lowest BCUT2D eigenvalue weighted by Crippen LogP contribution is -2.52. The molecule has 1 unspecified atom stereocenters. The predicted molar refractivity (Wildman–Crippen MR) is 113 cm³/mol.